The van der Waals surface area contributed by atoms with Crippen LogP contribution in [-0.2, 0) is 6.54 Å². The van der Waals surface area contributed by atoms with Gasteiger partial charge in [0.05, 0.1) is 6.54 Å². The van der Waals surface area contributed by atoms with E-state index in [4.69, 9.17) is 5.73 Å². The number of aliphatic imine (C=N–C) groups is 1. The second kappa shape index (κ2) is 6.74. The molecule has 2 aromatic rings. The van der Waals surface area contributed by atoms with Gasteiger partial charge in [-0.1, -0.05) is 17.7 Å². The quantitative estimate of drug-likeness (QED) is 0.668. The molecule has 0 aliphatic heterocycles. The minimum absolute atomic E-state index is 0.405. The maximum Gasteiger partial charge on any atom is 0.193 e. The average Bonchev–Trinajstić information content (AvgIpc) is 2.48. The molecule has 0 saturated carbocycles. The van der Waals surface area contributed by atoms with Crippen LogP contribution in [0.5, 0.6) is 0 Å². The molecule has 0 radical (unpaired) electrons. The Morgan fingerprint density at radius 2 is 1.95 bits per heavy atom. The molecule has 110 valence electrons. The third-order valence-corrected chi connectivity index (χ3v) is 3.02. The average molecular weight is 283 g/mol. The van der Waals surface area contributed by atoms with Gasteiger partial charge in [0.15, 0.2) is 5.96 Å². The number of hydrogen-bond acceptors (Lipinski definition) is 3. The van der Waals surface area contributed by atoms with Gasteiger partial charge in [0.2, 0.25) is 0 Å². The summed E-state index contributed by atoms with van der Waals surface area (Å²) in [6, 6.07) is 12.0. The van der Waals surface area contributed by atoms with Crippen LogP contribution in [0.15, 0.2) is 47.6 Å². The summed E-state index contributed by atoms with van der Waals surface area (Å²) >= 11 is 0. The van der Waals surface area contributed by atoms with Crippen molar-refractivity contribution in [2.75, 3.05) is 24.3 Å². The molecule has 0 unspecified atom stereocenters. The van der Waals surface area contributed by atoms with Crippen molar-refractivity contribution in [2.45, 2.75) is 13.5 Å². The predicted molar refractivity (Wildman–Crippen MR) is 88.7 cm³/mol. The first-order valence-electron chi connectivity index (χ1n) is 6.80. The van der Waals surface area contributed by atoms with Gasteiger partial charge in [-0.15, -0.1) is 0 Å². The Morgan fingerprint density at radius 1 is 1.24 bits per heavy atom. The van der Waals surface area contributed by atoms with E-state index in [2.05, 4.69) is 15.3 Å². The molecule has 5 heteroatoms. The lowest BCUT2D eigenvalue weighted by atomic mass is 10.2. The second-order valence-electron chi connectivity index (χ2n) is 5.11. The molecule has 0 fully saturated rings. The number of rotatable bonds is 4. The van der Waals surface area contributed by atoms with Crippen LogP contribution in [0.3, 0.4) is 0 Å². The van der Waals surface area contributed by atoms with Crippen LogP contribution >= 0.6 is 0 Å². The lowest BCUT2D eigenvalue weighted by Crippen LogP contribution is -2.22. The number of aryl methyl sites for hydroxylation is 1. The van der Waals surface area contributed by atoms with Crippen molar-refractivity contribution in [3.63, 3.8) is 0 Å². The Bertz CT molecular complexity index is 617. The van der Waals surface area contributed by atoms with Crippen LogP contribution in [-0.4, -0.2) is 25.0 Å². The summed E-state index contributed by atoms with van der Waals surface area (Å²) in [6.45, 7) is 2.57. The number of benzene rings is 1. The highest BCUT2D eigenvalue weighted by atomic mass is 15.1. The fraction of sp³-hybridized carbons (Fsp3) is 0.250. The minimum Gasteiger partial charge on any atom is -0.370 e. The summed E-state index contributed by atoms with van der Waals surface area (Å²) in [4.78, 5) is 10.6. The highest BCUT2D eigenvalue weighted by Crippen LogP contribution is 2.11. The predicted octanol–water partition coefficient (Wildman–Crippen LogP) is 2.38. The maximum atomic E-state index is 5.90. The molecule has 0 aliphatic carbocycles. The Balaban J connectivity index is 2.00. The van der Waals surface area contributed by atoms with E-state index in [9.17, 15) is 0 Å². The molecule has 0 atom stereocenters. The number of nitrogens with one attached hydrogen (secondary N) is 1. The zero-order valence-corrected chi connectivity index (χ0v) is 12.7. The highest BCUT2D eigenvalue weighted by molar-refractivity contribution is 5.92. The van der Waals surface area contributed by atoms with E-state index >= 15 is 0 Å². The van der Waals surface area contributed by atoms with E-state index in [-0.39, 0.29) is 0 Å². The molecule has 5 nitrogen and oxygen atoms in total. The molecular weight excluding hydrogens is 262 g/mol. The number of aromatic nitrogens is 1. The van der Waals surface area contributed by atoms with Gasteiger partial charge in [0.1, 0.15) is 5.82 Å². The van der Waals surface area contributed by atoms with Gasteiger partial charge >= 0.3 is 0 Å². The number of guanidine groups is 1. The maximum absolute atomic E-state index is 5.90. The molecule has 21 heavy (non-hydrogen) atoms. The number of hydrogen-bond donors (Lipinski definition) is 2. The summed E-state index contributed by atoms with van der Waals surface area (Å²) in [7, 11) is 3.92. The van der Waals surface area contributed by atoms with Crippen molar-refractivity contribution in [1.82, 2.24) is 4.98 Å². The normalized spacial score (nSPS) is 11.3. The lowest BCUT2D eigenvalue weighted by Gasteiger charge is -2.11. The summed E-state index contributed by atoms with van der Waals surface area (Å²) in [5.41, 5.74) is 9.12. The smallest absolute Gasteiger partial charge is 0.193 e. The van der Waals surface area contributed by atoms with Crippen LogP contribution in [0, 0.1) is 6.92 Å². The van der Waals surface area contributed by atoms with Crippen molar-refractivity contribution in [3.05, 3.63) is 53.7 Å². The molecule has 0 saturated heterocycles. The molecule has 1 heterocycles. The molecule has 1 aromatic carbocycles. The van der Waals surface area contributed by atoms with Gasteiger partial charge in [0.25, 0.3) is 0 Å². The molecule has 3 N–H and O–H groups in total. The summed E-state index contributed by atoms with van der Waals surface area (Å²) in [5, 5.41) is 3.08. The van der Waals surface area contributed by atoms with E-state index in [1.54, 1.807) is 6.20 Å². The topological polar surface area (TPSA) is 66.5 Å². The first kappa shape index (κ1) is 14.8. The number of nitrogens with two attached hydrogens (primary N) is 1. The Kier molecular flexibility index (Phi) is 4.77. The summed E-state index contributed by atoms with van der Waals surface area (Å²) < 4.78 is 0. The third-order valence-electron chi connectivity index (χ3n) is 3.02. The van der Waals surface area contributed by atoms with Crippen molar-refractivity contribution in [2.24, 2.45) is 10.7 Å². The van der Waals surface area contributed by atoms with Crippen LogP contribution in [0.2, 0.25) is 0 Å². The minimum atomic E-state index is 0.405. The van der Waals surface area contributed by atoms with Crippen molar-refractivity contribution < 1.29 is 0 Å². The summed E-state index contributed by atoms with van der Waals surface area (Å²) in [5.74, 6) is 1.31. The largest absolute Gasteiger partial charge is 0.370 e. The fourth-order valence-electron chi connectivity index (χ4n) is 1.80. The van der Waals surface area contributed by atoms with E-state index in [0.29, 0.717) is 12.5 Å². The SMILES string of the molecule is Cc1ccc(NC(N)=NCc2ccnc(N(C)C)c2)cc1. The molecule has 2 rings (SSSR count). The van der Waals surface area contributed by atoms with Crippen molar-refractivity contribution in [1.29, 1.82) is 0 Å². The first-order valence-corrected chi connectivity index (χ1v) is 6.80. The Morgan fingerprint density at radius 3 is 2.62 bits per heavy atom. The number of anilines is 2. The van der Waals surface area contributed by atoms with Crippen LogP contribution in [0.4, 0.5) is 11.5 Å². The molecule has 0 amide bonds. The Hall–Kier alpha value is -2.56. The molecule has 0 bridgehead atoms. The van der Waals surface area contributed by atoms with Crippen LogP contribution in [0.1, 0.15) is 11.1 Å². The van der Waals surface area contributed by atoms with Gasteiger partial charge in [-0.3, -0.25) is 0 Å². The van der Waals surface area contributed by atoms with Gasteiger partial charge in [-0.25, -0.2) is 9.98 Å². The van der Waals surface area contributed by atoms with Gasteiger partial charge < -0.3 is 16.0 Å². The third kappa shape index (κ3) is 4.49. The van der Waals surface area contributed by atoms with Crippen LogP contribution < -0.4 is 16.0 Å². The highest BCUT2D eigenvalue weighted by Gasteiger charge is 1.99. The fourth-order valence-corrected chi connectivity index (χ4v) is 1.80. The Labute approximate surface area is 125 Å². The van der Waals surface area contributed by atoms with Crippen molar-refractivity contribution >= 4 is 17.5 Å². The second-order valence-corrected chi connectivity index (χ2v) is 5.11. The van der Waals surface area contributed by atoms with Gasteiger partial charge in [-0.2, -0.15) is 0 Å². The van der Waals surface area contributed by atoms with E-state index in [1.165, 1.54) is 5.56 Å². The first-order chi connectivity index (χ1) is 10.0. The van der Waals surface area contributed by atoms with Crippen LogP contribution in [0.25, 0.3) is 0 Å². The van der Waals surface area contributed by atoms with E-state index in [1.807, 2.05) is 62.3 Å². The monoisotopic (exact) mass is 283 g/mol. The molecule has 1 aromatic heterocycles. The summed E-state index contributed by atoms with van der Waals surface area (Å²) in [6.07, 6.45) is 1.78. The zero-order valence-electron chi connectivity index (χ0n) is 12.7. The molecule has 0 aliphatic rings. The van der Waals surface area contributed by atoms with Gasteiger partial charge in [-0.05, 0) is 36.8 Å². The molecule has 0 spiro atoms. The van der Waals surface area contributed by atoms with E-state index < -0.39 is 0 Å². The standard InChI is InChI=1S/C16H21N5/c1-12-4-6-14(7-5-12)20-16(17)19-11-13-8-9-18-15(10-13)21(2)3/h4-10H,11H2,1-3H3,(H3,17,19,20). The van der Waals surface area contributed by atoms with E-state index in [0.717, 1.165) is 17.1 Å². The zero-order chi connectivity index (χ0) is 15.2. The van der Waals surface area contributed by atoms with Gasteiger partial charge in [0, 0.05) is 26.0 Å². The molecular formula is C16H21N5. The number of nitrogens with zero attached hydrogens (tertiary/aromatic N) is 3. The lowest BCUT2D eigenvalue weighted by molar-refractivity contribution is 1.02. The van der Waals surface area contributed by atoms with Crippen molar-refractivity contribution in [3.8, 4) is 0 Å². The number of pyridine rings is 1.